The quantitative estimate of drug-likeness (QED) is 0.798. The van der Waals surface area contributed by atoms with Gasteiger partial charge in [-0.15, -0.1) is 0 Å². The molecule has 4 nitrogen and oxygen atoms in total. The van der Waals surface area contributed by atoms with Crippen molar-refractivity contribution in [3.05, 3.63) is 77.6 Å². The van der Waals surface area contributed by atoms with Gasteiger partial charge in [0.15, 0.2) is 0 Å². The Bertz CT molecular complexity index is 815. The minimum atomic E-state index is -0.382. The molecule has 26 heavy (non-hydrogen) atoms. The third-order valence-corrected chi connectivity index (χ3v) is 4.40. The molecule has 1 unspecified atom stereocenters. The van der Waals surface area contributed by atoms with Crippen LogP contribution in [0, 0.1) is 11.7 Å². The molecule has 1 aliphatic carbocycles. The molecule has 0 fully saturated rings. The standard InChI is InChI=1S/C21H21FN2O2/c22-18-11-9-17(10-12-18)21(26)24-19-8-4-5-15(13-19)14-23-20(25)16-6-2-1-3-7-16/h1-2,4-5,8-13,16H,3,6-7,14H2,(H,23,25)(H,24,26). The molecule has 0 saturated heterocycles. The molecular formula is C21H21FN2O2. The van der Waals surface area contributed by atoms with Gasteiger partial charge in [0.2, 0.25) is 5.91 Å². The Balaban J connectivity index is 1.57. The van der Waals surface area contributed by atoms with Crippen LogP contribution in [0.25, 0.3) is 0 Å². The number of amides is 2. The average molecular weight is 352 g/mol. The van der Waals surface area contributed by atoms with E-state index in [0.717, 1.165) is 24.8 Å². The maximum absolute atomic E-state index is 12.9. The van der Waals surface area contributed by atoms with Gasteiger partial charge in [0.1, 0.15) is 5.82 Å². The first-order chi connectivity index (χ1) is 12.6. The molecule has 134 valence electrons. The molecule has 1 atom stereocenters. The lowest BCUT2D eigenvalue weighted by Crippen LogP contribution is -2.30. The van der Waals surface area contributed by atoms with E-state index in [0.29, 0.717) is 17.8 Å². The average Bonchev–Trinajstić information content (AvgIpc) is 2.67. The van der Waals surface area contributed by atoms with Gasteiger partial charge in [0.25, 0.3) is 5.91 Å². The Labute approximate surface area is 152 Å². The highest BCUT2D eigenvalue weighted by atomic mass is 19.1. The van der Waals surface area contributed by atoms with Gasteiger partial charge in [-0.2, -0.15) is 0 Å². The molecule has 0 saturated carbocycles. The van der Waals surface area contributed by atoms with E-state index in [1.165, 1.54) is 24.3 Å². The molecule has 3 rings (SSSR count). The molecular weight excluding hydrogens is 331 g/mol. The second kappa shape index (κ2) is 8.43. The van der Waals surface area contributed by atoms with Crippen LogP contribution in [-0.2, 0) is 11.3 Å². The van der Waals surface area contributed by atoms with Crippen LogP contribution < -0.4 is 10.6 Å². The zero-order valence-electron chi connectivity index (χ0n) is 14.4. The fourth-order valence-corrected chi connectivity index (χ4v) is 2.93. The van der Waals surface area contributed by atoms with Crippen molar-refractivity contribution in [3.63, 3.8) is 0 Å². The van der Waals surface area contributed by atoms with Gasteiger partial charge in [-0.05, 0) is 61.2 Å². The number of anilines is 1. The summed E-state index contributed by atoms with van der Waals surface area (Å²) in [5.74, 6) is -0.579. The zero-order chi connectivity index (χ0) is 18.4. The molecule has 0 aliphatic heterocycles. The molecule has 0 aromatic heterocycles. The zero-order valence-corrected chi connectivity index (χ0v) is 14.4. The minimum Gasteiger partial charge on any atom is -0.352 e. The lowest BCUT2D eigenvalue weighted by atomic mass is 9.93. The van der Waals surface area contributed by atoms with E-state index in [1.807, 2.05) is 18.2 Å². The number of nitrogens with one attached hydrogen (secondary N) is 2. The van der Waals surface area contributed by atoms with Gasteiger partial charge in [-0.3, -0.25) is 9.59 Å². The minimum absolute atomic E-state index is 0.0429. The van der Waals surface area contributed by atoms with Crippen molar-refractivity contribution in [1.29, 1.82) is 0 Å². The molecule has 0 heterocycles. The lowest BCUT2D eigenvalue weighted by Gasteiger charge is -2.17. The maximum Gasteiger partial charge on any atom is 0.255 e. The molecule has 2 aromatic rings. The number of halogens is 1. The third kappa shape index (κ3) is 4.79. The fraction of sp³-hybridized carbons (Fsp3) is 0.238. The predicted molar refractivity (Wildman–Crippen MR) is 99.1 cm³/mol. The Hall–Kier alpha value is -2.95. The first-order valence-corrected chi connectivity index (χ1v) is 8.70. The second-order valence-electron chi connectivity index (χ2n) is 6.36. The Morgan fingerprint density at radius 2 is 1.88 bits per heavy atom. The predicted octanol–water partition coefficient (Wildman–Crippen LogP) is 4.05. The van der Waals surface area contributed by atoms with Crippen molar-refractivity contribution < 1.29 is 14.0 Å². The lowest BCUT2D eigenvalue weighted by molar-refractivity contribution is -0.125. The van der Waals surface area contributed by atoms with Crippen LogP contribution in [0.2, 0.25) is 0 Å². The second-order valence-corrected chi connectivity index (χ2v) is 6.36. The van der Waals surface area contributed by atoms with Crippen LogP contribution in [0.15, 0.2) is 60.7 Å². The molecule has 2 N–H and O–H groups in total. The highest BCUT2D eigenvalue weighted by molar-refractivity contribution is 6.04. The van der Waals surface area contributed by atoms with Crippen molar-refractivity contribution in [2.45, 2.75) is 25.8 Å². The number of carbonyl (C=O) groups excluding carboxylic acids is 2. The number of allylic oxidation sites excluding steroid dienone is 2. The summed E-state index contributed by atoms with van der Waals surface area (Å²) in [4.78, 5) is 24.4. The van der Waals surface area contributed by atoms with Crippen LogP contribution in [0.4, 0.5) is 10.1 Å². The van der Waals surface area contributed by atoms with Crippen molar-refractivity contribution >= 4 is 17.5 Å². The van der Waals surface area contributed by atoms with Gasteiger partial charge in [-0.1, -0.05) is 24.3 Å². The Morgan fingerprint density at radius 1 is 1.08 bits per heavy atom. The summed E-state index contributed by atoms with van der Waals surface area (Å²) in [6, 6.07) is 12.7. The number of rotatable bonds is 5. The third-order valence-electron chi connectivity index (χ3n) is 4.40. The van der Waals surface area contributed by atoms with Gasteiger partial charge in [0, 0.05) is 23.7 Å². The fourth-order valence-electron chi connectivity index (χ4n) is 2.93. The van der Waals surface area contributed by atoms with E-state index >= 15 is 0 Å². The van der Waals surface area contributed by atoms with Gasteiger partial charge < -0.3 is 10.6 Å². The Morgan fingerprint density at radius 3 is 2.62 bits per heavy atom. The topological polar surface area (TPSA) is 58.2 Å². The Kier molecular flexibility index (Phi) is 5.79. The summed E-state index contributed by atoms with van der Waals surface area (Å²) in [5.41, 5.74) is 1.92. The van der Waals surface area contributed by atoms with E-state index in [1.54, 1.807) is 6.07 Å². The highest BCUT2D eigenvalue weighted by Crippen LogP contribution is 2.18. The summed E-state index contributed by atoms with van der Waals surface area (Å²) in [6.07, 6.45) is 6.79. The normalized spacial score (nSPS) is 16.1. The van der Waals surface area contributed by atoms with Crippen LogP contribution in [-0.4, -0.2) is 11.8 Å². The largest absolute Gasteiger partial charge is 0.352 e. The first kappa shape index (κ1) is 17.9. The summed E-state index contributed by atoms with van der Waals surface area (Å²) in [6.45, 7) is 0.416. The number of hydrogen-bond acceptors (Lipinski definition) is 2. The van der Waals surface area contributed by atoms with E-state index < -0.39 is 0 Å². The molecule has 2 aromatic carbocycles. The van der Waals surface area contributed by atoms with Crippen molar-refractivity contribution in [2.24, 2.45) is 5.92 Å². The van der Waals surface area contributed by atoms with E-state index in [2.05, 4.69) is 22.8 Å². The van der Waals surface area contributed by atoms with Crippen molar-refractivity contribution in [1.82, 2.24) is 5.32 Å². The van der Waals surface area contributed by atoms with Gasteiger partial charge in [-0.25, -0.2) is 4.39 Å². The molecule has 0 radical (unpaired) electrons. The van der Waals surface area contributed by atoms with E-state index in [4.69, 9.17) is 0 Å². The first-order valence-electron chi connectivity index (χ1n) is 8.70. The summed E-state index contributed by atoms with van der Waals surface area (Å²) < 4.78 is 12.9. The van der Waals surface area contributed by atoms with Crippen molar-refractivity contribution in [2.75, 3.05) is 5.32 Å². The molecule has 1 aliphatic rings. The number of hydrogen-bond donors (Lipinski definition) is 2. The van der Waals surface area contributed by atoms with Crippen LogP contribution in [0.3, 0.4) is 0 Å². The van der Waals surface area contributed by atoms with Crippen LogP contribution in [0.1, 0.15) is 35.2 Å². The smallest absolute Gasteiger partial charge is 0.255 e. The monoisotopic (exact) mass is 352 g/mol. The van der Waals surface area contributed by atoms with Gasteiger partial charge >= 0.3 is 0 Å². The summed E-state index contributed by atoms with van der Waals surface area (Å²) in [7, 11) is 0. The van der Waals surface area contributed by atoms with Crippen LogP contribution >= 0.6 is 0 Å². The molecule has 5 heteroatoms. The summed E-state index contributed by atoms with van der Waals surface area (Å²) >= 11 is 0. The number of carbonyl (C=O) groups is 2. The van der Waals surface area contributed by atoms with Crippen LogP contribution in [0.5, 0.6) is 0 Å². The SMILES string of the molecule is O=C(Nc1cccc(CNC(=O)C2CC=CCC2)c1)c1ccc(F)cc1. The summed E-state index contributed by atoms with van der Waals surface area (Å²) in [5, 5.41) is 5.75. The molecule has 0 spiro atoms. The van der Waals surface area contributed by atoms with Crippen molar-refractivity contribution in [3.8, 4) is 0 Å². The van der Waals surface area contributed by atoms with E-state index in [-0.39, 0.29) is 23.5 Å². The number of benzene rings is 2. The highest BCUT2D eigenvalue weighted by Gasteiger charge is 2.18. The van der Waals surface area contributed by atoms with E-state index in [9.17, 15) is 14.0 Å². The van der Waals surface area contributed by atoms with Gasteiger partial charge in [0.05, 0.1) is 0 Å². The maximum atomic E-state index is 12.9. The molecule has 2 amide bonds. The molecule has 0 bridgehead atoms.